The van der Waals surface area contributed by atoms with Gasteiger partial charge in [-0.15, -0.1) is 0 Å². The number of aryl methyl sites for hydroxylation is 1. The maximum absolute atomic E-state index is 12.2. The van der Waals surface area contributed by atoms with E-state index >= 15 is 0 Å². The number of sulfone groups is 2. The number of hydrogen-bond acceptors (Lipinski definition) is 5. The van der Waals surface area contributed by atoms with E-state index in [0.29, 0.717) is 9.79 Å². The SMILES string of the molecule is Cc1ccc(S(=O)(=O)c2ccccc2)cc1.O=C(O)c1ccc(S(=O)(=O)c2ccccc2)cc1. The fourth-order valence-corrected chi connectivity index (χ4v) is 5.53. The zero-order valence-electron chi connectivity index (χ0n) is 18.2. The summed E-state index contributed by atoms with van der Waals surface area (Å²) >= 11 is 0. The van der Waals surface area contributed by atoms with E-state index in [-0.39, 0.29) is 15.4 Å². The van der Waals surface area contributed by atoms with Gasteiger partial charge in [0.25, 0.3) is 0 Å². The number of benzene rings is 4. The lowest BCUT2D eigenvalue weighted by Gasteiger charge is -2.04. The molecule has 0 atom stereocenters. The summed E-state index contributed by atoms with van der Waals surface area (Å²) in [6, 6.07) is 28.5. The molecule has 6 nitrogen and oxygen atoms in total. The Morgan fingerprint density at radius 1 is 0.529 bits per heavy atom. The van der Waals surface area contributed by atoms with Gasteiger partial charge in [-0.1, -0.05) is 54.1 Å². The standard InChI is InChI=1S/C13H10O4S.C13H12O2S/c14-13(15)10-6-8-12(9-7-10)18(16,17)11-4-2-1-3-5-11;1-11-7-9-13(10-8-11)16(14,15)12-5-3-2-4-6-12/h1-9H,(H,14,15);2-10H,1H3. The van der Waals surface area contributed by atoms with Crippen molar-refractivity contribution >= 4 is 25.6 Å². The molecule has 0 aliphatic carbocycles. The summed E-state index contributed by atoms with van der Waals surface area (Å²) in [6.07, 6.45) is 0. The number of carbonyl (C=O) groups is 1. The number of aromatic carboxylic acids is 1. The number of hydrogen-bond donors (Lipinski definition) is 1. The summed E-state index contributed by atoms with van der Waals surface area (Å²) in [5.41, 5.74) is 1.11. The Morgan fingerprint density at radius 3 is 1.21 bits per heavy atom. The van der Waals surface area contributed by atoms with E-state index in [1.807, 2.05) is 6.92 Å². The summed E-state index contributed by atoms with van der Waals surface area (Å²) < 4.78 is 48.6. The van der Waals surface area contributed by atoms with Gasteiger partial charge in [-0.25, -0.2) is 21.6 Å². The maximum Gasteiger partial charge on any atom is 0.335 e. The zero-order valence-corrected chi connectivity index (χ0v) is 19.8. The van der Waals surface area contributed by atoms with E-state index in [0.717, 1.165) is 5.56 Å². The molecule has 34 heavy (non-hydrogen) atoms. The third-order valence-corrected chi connectivity index (χ3v) is 8.42. The van der Waals surface area contributed by atoms with Crippen LogP contribution in [0.3, 0.4) is 0 Å². The van der Waals surface area contributed by atoms with Crippen LogP contribution in [0.4, 0.5) is 0 Å². The van der Waals surface area contributed by atoms with Crippen LogP contribution in [0, 0.1) is 6.92 Å². The molecule has 0 saturated carbocycles. The summed E-state index contributed by atoms with van der Waals surface area (Å²) in [5, 5.41) is 8.75. The van der Waals surface area contributed by atoms with E-state index in [4.69, 9.17) is 5.11 Å². The van der Waals surface area contributed by atoms with Crippen molar-refractivity contribution in [2.75, 3.05) is 0 Å². The molecule has 0 aromatic heterocycles. The minimum Gasteiger partial charge on any atom is -0.478 e. The molecule has 0 bridgehead atoms. The number of carboxylic acids is 1. The lowest BCUT2D eigenvalue weighted by atomic mass is 10.2. The van der Waals surface area contributed by atoms with Crippen LogP contribution in [0.2, 0.25) is 0 Å². The Hall–Kier alpha value is -3.75. The quantitative estimate of drug-likeness (QED) is 0.416. The molecule has 4 aromatic rings. The Kier molecular flexibility index (Phi) is 7.65. The molecule has 0 radical (unpaired) electrons. The molecule has 4 rings (SSSR count). The van der Waals surface area contributed by atoms with Crippen molar-refractivity contribution in [2.24, 2.45) is 0 Å². The fraction of sp³-hybridized carbons (Fsp3) is 0.0385. The smallest absolute Gasteiger partial charge is 0.335 e. The van der Waals surface area contributed by atoms with Crippen LogP contribution < -0.4 is 0 Å². The summed E-state index contributed by atoms with van der Waals surface area (Å²) in [6.45, 7) is 1.93. The van der Waals surface area contributed by atoms with Crippen molar-refractivity contribution < 1.29 is 26.7 Å². The van der Waals surface area contributed by atoms with E-state index in [2.05, 4.69) is 0 Å². The molecule has 1 N–H and O–H groups in total. The van der Waals surface area contributed by atoms with Gasteiger partial charge in [-0.05, 0) is 67.6 Å². The third-order valence-electron chi connectivity index (χ3n) is 4.85. The Labute approximate surface area is 199 Å². The van der Waals surface area contributed by atoms with Crippen LogP contribution in [-0.4, -0.2) is 27.9 Å². The molecule has 0 unspecified atom stereocenters. The largest absolute Gasteiger partial charge is 0.478 e. The van der Waals surface area contributed by atoms with Gasteiger partial charge in [0.05, 0.1) is 25.1 Å². The van der Waals surface area contributed by atoms with Crippen LogP contribution >= 0.6 is 0 Å². The van der Waals surface area contributed by atoms with Crippen LogP contribution in [0.25, 0.3) is 0 Å². The van der Waals surface area contributed by atoms with Gasteiger partial charge in [-0.3, -0.25) is 0 Å². The predicted molar refractivity (Wildman–Crippen MR) is 128 cm³/mol. The molecule has 0 aliphatic rings. The highest BCUT2D eigenvalue weighted by Crippen LogP contribution is 2.21. The van der Waals surface area contributed by atoms with Crippen LogP contribution in [0.15, 0.2) is 129 Å². The van der Waals surface area contributed by atoms with Crippen LogP contribution in [0.5, 0.6) is 0 Å². The highest BCUT2D eigenvalue weighted by molar-refractivity contribution is 7.91. The van der Waals surface area contributed by atoms with Crippen molar-refractivity contribution in [3.63, 3.8) is 0 Å². The normalized spacial score (nSPS) is 11.2. The number of rotatable bonds is 5. The van der Waals surface area contributed by atoms with Crippen LogP contribution in [-0.2, 0) is 19.7 Å². The van der Waals surface area contributed by atoms with E-state index in [9.17, 15) is 21.6 Å². The Bertz CT molecular complexity index is 1460. The molecule has 0 heterocycles. The third kappa shape index (κ3) is 5.78. The molecule has 174 valence electrons. The topological polar surface area (TPSA) is 106 Å². The molecule has 4 aromatic carbocycles. The Morgan fingerprint density at radius 2 is 0.853 bits per heavy atom. The molecule has 0 fully saturated rings. The van der Waals surface area contributed by atoms with E-state index in [1.54, 1.807) is 72.8 Å². The summed E-state index contributed by atoms with van der Waals surface area (Å²) in [5.74, 6) is -1.08. The summed E-state index contributed by atoms with van der Waals surface area (Å²) in [7, 11) is -6.93. The van der Waals surface area contributed by atoms with Gasteiger partial charge < -0.3 is 5.11 Å². The first-order chi connectivity index (χ1) is 16.1. The second-order valence-electron chi connectivity index (χ2n) is 7.28. The zero-order chi connectivity index (χ0) is 24.8. The van der Waals surface area contributed by atoms with Crippen molar-refractivity contribution in [2.45, 2.75) is 26.5 Å². The highest BCUT2D eigenvalue weighted by Gasteiger charge is 2.18. The van der Waals surface area contributed by atoms with Gasteiger partial charge in [-0.2, -0.15) is 0 Å². The Balaban J connectivity index is 0.000000192. The average Bonchev–Trinajstić information content (AvgIpc) is 2.86. The van der Waals surface area contributed by atoms with Gasteiger partial charge in [0.2, 0.25) is 19.7 Å². The van der Waals surface area contributed by atoms with Gasteiger partial charge >= 0.3 is 5.97 Å². The maximum atomic E-state index is 12.2. The van der Waals surface area contributed by atoms with Crippen molar-refractivity contribution in [3.05, 3.63) is 120 Å². The lowest BCUT2D eigenvalue weighted by Crippen LogP contribution is -2.03. The monoisotopic (exact) mass is 494 g/mol. The molecular formula is C26H22O6S2. The molecule has 8 heteroatoms. The molecule has 0 amide bonds. The predicted octanol–water partition coefficient (Wildman–Crippen LogP) is 5.05. The first-order valence-corrected chi connectivity index (χ1v) is 13.1. The van der Waals surface area contributed by atoms with Crippen LogP contribution in [0.1, 0.15) is 15.9 Å². The van der Waals surface area contributed by atoms with Crippen molar-refractivity contribution in [1.82, 2.24) is 0 Å². The molecule has 0 aliphatic heterocycles. The first kappa shape index (κ1) is 24.9. The van der Waals surface area contributed by atoms with Gasteiger partial charge in [0.1, 0.15) is 0 Å². The fourth-order valence-electron chi connectivity index (χ4n) is 2.97. The van der Waals surface area contributed by atoms with Crippen molar-refractivity contribution in [1.29, 1.82) is 0 Å². The molecule has 0 saturated heterocycles. The van der Waals surface area contributed by atoms with E-state index < -0.39 is 25.6 Å². The second-order valence-corrected chi connectivity index (χ2v) is 11.2. The molecular weight excluding hydrogens is 472 g/mol. The lowest BCUT2D eigenvalue weighted by molar-refractivity contribution is 0.0696. The summed E-state index contributed by atoms with van der Waals surface area (Å²) in [4.78, 5) is 11.6. The first-order valence-electron chi connectivity index (χ1n) is 10.1. The van der Waals surface area contributed by atoms with Gasteiger partial charge in [0, 0.05) is 0 Å². The van der Waals surface area contributed by atoms with Gasteiger partial charge in [0.15, 0.2) is 0 Å². The number of carboxylic acid groups (broad SMARTS) is 1. The second kappa shape index (κ2) is 10.5. The minimum atomic E-state index is -3.57. The average molecular weight is 495 g/mol. The molecule has 0 spiro atoms. The highest BCUT2D eigenvalue weighted by atomic mass is 32.2. The van der Waals surface area contributed by atoms with E-state index in [1.165, 1.54) is 36.4 Å². The van der Waals surface area contributed by atoms with Crippen molar-refractivity contribution in [3.8, 4) is 0 Å². The minimum absolute atomic E-state index is 0.0574.